The molecule has 1 saturated heterocycles. The molecule has 4 heterocycles. The molecular formula is C21H26N4OS. The summed E-state index contributed by atoms with van der Waals surface area (Å²) >= 11 is 1.89. The molecule has 2 aliphatic heterocycles. The Balaban J connectivity index is 1.24. The van der Waals surface area contributed by atoms with E-state index in [1.165, 1.54) is 48.3 Å². The van der Waals surface area contributed by atoms with Crippen molar-refractivity contribution < 1.29 is 4.74 Å². The number of fused-ring (bicyclic) bond motifs is 2. The van der Waals surface area contributed by atoms with Crippen LogP contribution in [0.5, 0.6) is 5.75 Å². The predicted octanol–water partition coefficient (Wildman–Crippen LogP) is 4.46. The number of hydrogen-bond acceptors (Lipinski definition) is 4. The van der Waals surface area contributed by atoms with Crippen LogP contribution in [0.3, 0.4) is 0 Å². The van der Waals surface area contributed by atoms with Gasteiger partial charge in [0.05, 0.1) is 22.9 Å². The molecule has 0 unspecified atom stereocenters. The lowest BCUT2D eigenvalue weighted by molar-refractivity contribution is 0.205. The lowest BCUT2D eigenvalue weighted by Gasteiger charge is -2.26. The van der Waals surface area contributed by atoms with Crippen LogP contribution in [0.4, 0.5) is 0 Å². The highest BCUT2D eigenvalue weighted by Crippen LogP contribution is 2.38. The summed E-state index contributed by atoms with van der Waals surface area (Å²) < 4.78 is 6.01. The molecule has 3 aromatic rings. The molecule has 5 nitrogen and oxygen atoms in total. The number of likely N-dealkylation sites (tertiary alicyclic amines) is 1. The van der Waals surface area contributed by atoms with Gasteiger partial charge in [0.2, 0.25) is 0 Å². The highest BCUT2D eigenvalue weighted by molar-refractivity contribution is 7.99. The van der Waals surface area contributed by atoms with Gasteiger partial charge >= 0.3 is 0 Å². The maximum absolute atomic E-state index is 6.01. The number of nitrogens with zero attached hydrogens (tertiary/aromatic N) is 2. The molecule has 2 N–H and O–H groups in total. The molecule has 5 rings (SSSR count). The molecule has 1 aromatic carbocycles. The van der Waals surface area contributed by atoms with Crippen molar-refractivity contribution in [3.8, 4) is 17.1 Å². The molecule has 0 atom stereocenters. The minimum Gasteiger partial charge on any atom is -0.493 e. The van der Waals surface area contributed by atoms with Gasteiger partial charge in [-0.3, -0.25) is 5.10 Å². The number of piperidine rings is 1. The van der Waals surface area contributed by atoms with E-state index in [2.05, 4.69) is 44.3 Å². The van der Waals surface area contributed by atoms with Crippen LogP contribution in [0, 0.1) is 0 Å². The van der Waals surface area contributed by atoms with Gasteiger partial charge in [-0.25, -0.2) is 0 Å². The molecule has 0 radical (unpaired) electrons. The van der Waals surface area contributed by atoms with Gasteiger partial charge in [0.1, 0.15) is 11.4 Å². The van der Waals surface area contributed by atoms with Crippen LogP contribution >= 0.6 is 11.8 Å². The van der Waals surface area contributed by atoms with Gasteiger partial charge in [0.25, 0.3) is 0 Å². The summed E-state index contributed by atoms with van der Waals surface area (Å²) in [7, 11) is 0. The van der Waals surface area contributed by atoms with Crippen molar-refractivity contribution in [2.45, 2.75) is 37.0 Å². The third kappa shape index (κ3) is 3.60. The van der Waals surface area contributed by atoms with Crippen molar-refractivity contribution in [3.05, 3.63) is 30.0 Å². The van der Waals surface area contributed by atoms with Crippen molar-refractivity contribution in [1.82, 2.24) is 20.1 Å². The summed E-state index contributed by atoms with van der Waals surface area (Å²) in [6, 6.07) is 8.50. The molecule has 2 aliphatic rings. The molecule has 0 saturated carbocycles. The van der Waals surface area contributed by atoms with Crippen LogP contribution in [0.2, 0.25) is 0 Å². The minimum atomic E-state index is 0.777. The maximum atomic E-state index is 6.01. The number of benzene rings is 1. The molecule has 142 valence electrons. The van der Waals surface area contributed by atoms with E-state index in [0.717, 1.165) is 54.4 Å². The van der Waals surface area contributed by atoms with Gasteiger partial charge in [-0.2, -0.15) is 5.10 Å². The van der Waals surface area contributed by atoms with Crippen molar-refractivity contribution in [3.63, 3.8) is 0 Å². The van der Waals surface area contributed by atoms with E-state index in [1.807, 2.05) is 11.8 Å². The fraction of sp³-hybridized carbons (Fsp3) is 0.476. The first-order chi connectivity index (χ1) is 13.4. The quantitative estimate of drug-likeness (QED) is 0.618. The Hall–Kier alpha value is -1.92. The Morgan fingerprint density at radius 3 is 3.00 bits per heavy atom. The Labute approximate surface area is 163 Å². The third-order valence-electron chi connectivity index (χ3n) is 5.58. The van der Waals surface area contributed by atoms with Gasteiger partial charge in [-0.1, -0.05) is 6.42 Å². The highest BCUT2D eigenvalue weighted by atomic mass is 32.2. The summed E-state index contributed by atoms with van der Waals surface area (Å²) in [6.07, 6.45) is 6.27. The molecule has 27 heavy (non-hydrogen) atoms. The van der Waals surface area contributed by atoms with E-state index >= 15 is 0 Å². The monoisotopic (exact) mass is 382 g/mol. The molecule has 6 heteroatoms. The second-order valence-corrected chi connectivity index (χ2v) is 8.62. The topological polar surface area (TPSA) is 56.9 Å². The van der Waals surface area contributed by atoms with Crippen molar-refractivity contribution >= 4 is 22.7 Å². The second-order valence-electron chi connectivity index (χ2n) is 7.51. The summed E-state index contributed by atoms with van der Waals surface area (Å²) in [4.78, 5) is 7.39. The van der Waals surface area contributed by atoms with Gasteiger partial charge in [-0.05, 0) is 57.0 Å². The zero-order valence-corrected chi connectivity index (χ0v) is 16.4. The van der Waals surface area contributed by atoms with E-state index < -0.39 is 0 Å². The number of rotatable bonds is 6. The summed E-state index contributed by atoms with van der Waals surface area (Å²) in [5.41, 5.74) is 4.51. The van der Waals surface area contributed by atoms with E-state index in [4.69, 9.17) is 4.74 Å². The van der Waals surface area contributed by atoms with Gasteiger partial charge < -0.3 is 14.6 Å². The van der Waals surface area contributed by atoms with E-state index in [-0.39, 0.29) is 0 Å². The number of H-pyrrole nitrogens is 2. The summed E-state index contributed by atoms with van der Waals surface area (Å²) in [5.74, 6) is 2.09. The number of aryl methyl sites for hydroxylation is 1. The van der Waals surface area contributed by atoms with Crippen LogP contribution in [0.1, 0.15) is 31.4 Å². The lowest BCUT2D eigenvalue weighted by atomic mass is 10.1. The molecule has 0 aliphatic carbocycles. The predicted molar refractivity (Wildman–Crippen MR) is 111 cm³/mol. The molecule has 0 amide bonds. The fourth-order valence-electron chi connectivity index (χ4n) is 4.12. The summed E-state index contributed by atoms with van der Waals surface area (Å²) in [6.45, 7) is 4.44. The first-order valence-electron chi connectivity index (χ1n) is 10.1. The normalized spacial score (nSPS) is 17.5. The van der Waals surface area contributed by atoms with E-state index in [0.29, 0.717) is 0 Å². The van der Waals surface area contributed by atoms with Crippen molar-refractivity contribution in [2.75, 3.05) is 32.0 Å². The number of nitrogens with one attached hydrogen (secondary N) is 2. The smallest absolute Gasteiger partial charge is 0.122 e. The number of hydrogen-bond donors (Lipinski definition) is 2. The zero-order chi connectivity index (χ0) is 18.1. The number of aromatic amines is 2. The number of aromatic nitrogens is 3. The second kappa shape index (κ2) is 7.60. The van der Waals surface area contributed by atoms with Gasteiger partial charge in [-0.15, -0.1) is 11.8 Å². The average Bonchev–Trinajstić information content (AvgIpc) is 3.40. The summed E-state index contributed by atoms with van der Waals surface area (Å²) in [5, 5.41) is 8.90. The highest BCUT2D eigenvalue weighted by Gasteiger charge is 2.21. The van der Waals surface area contributed by atoms with Gasteiger partial charge in [0, 0.05) is 29.3 Å². The first kappa shape index (κ1) is 17.2. The number of thioether (sulfide) groups is 1. The maximum Gasteiger partial charge on any atom is 0.122 e. The largest absolute Gasteiger partial charge is 0.493 e. The fourth-order valence-corrected chi connectivity index (χ4v) is 5.24. The molecule has 0 spiro atoms. The van der Waals surface area contributed by atoms with Crippen LogP contribution in [-0.2, 0) is 6.42 Å². The number of ether oxygens (including phenoxy) is 1. The Morgan fingerprint density at radius 1 is 1.15 bits per heavy atom. The molecule has 1 fully saturated rings. The zero-order valence-electron chi connectivity index (χ0n) is 15.6. The Morgan fingerprint density at radius 2 is 2.07 bits per heavy atom. The minimum absolute atomic E-state index is 0.777. The van der Waals surface area contributed by atoms with Crippen LogP contribution in [0.25, 0.3) is 22.3 Å². The average molecular weight is 383 g/mol. The van der Waals surface area contributed by atoms with E-state index in [9.17, 15) is 0 Å². The Bertz CT molecular complexity index is 926. The van der Waals surface area contributed by atoms with Gasteiger partial charge in [0.15, 0.2) is 0 Å². The molecular weight excluding hydrogens is 356 g/mol. The van der Waals surface area contributed by atoms with Crippen molar-refractivity contribution in [1.29, 1.82) is 0 Å². The molecule has 2 aromatic heterocycles. The Kier molecular flexibility index (Phi) is 4.84. The third-order valence-corrected chi connectivity index (χ3v) is 6.71. The first-order valence-corrected chi connectivity index (χ1v) is 11.0. The van der Waals surface area contributed by atoms with Crippen LogP contribution in [-0.4, -0.2) is 52.1 Å². The van der Waals surface area contributed by atoms with Crippen LogP contribution in [0.15, 0.2) is 29.2 Å². The van der Waals surface area contributed by atoms with E-state index in [1.54, 1.807) is 0 Å². The van der Waals surface area contributed by atoms with Crippen LogP contribution < -0.4 is 4.74 Å². The van der Waals surface area contributed by atoms with Crippen molar-refractivity contribution in [2.24, 2.45) is 0 Å². The standard InChI is InChI=1S/C21H26N4OS/c1-2-8-25(9-3-1)10-4-11-26-16-6-5-15-13-19(22-18(15)14-16)20-21-17(23-24-20)7-12-27-21/h5-6,13-14,22H,1-4,7-12H2,(H,23,24). The SMILES string of the molecule is c1cc2cc(-c3n[nH]c4c3SCC4)[nH]c2cc1OCCCN1CCCCC1. The molecule has 0 bridgehead atoms. The lowest BCUT2D eigenvalue weighted by Crippen LogP contribution is -2.31.